The number of hydroxylamine groups is 1. The highest BCUT2D eigenvalue weighted by Crippen LogP contribution is 2.35. The van der Waals surface area contributed by atoms with Crippen LogP contribution in [0.3, 0.4) is 0 Å². The minimum absolute atomic E-state index is 0.159. The van der Waals surface area contributed by atoms with Crippen LogP contribution in [0.4, 0.5) is 10.5 Å². The lowest BCUT2D eigenvalue weighted by molar-refractivity contribution is -0.119. The number of phenols is 1. The number of carbonyl (C=O) groups is 2. The Morgan fingerprint density at radius 1 is 1.19 bits per heavy atom. The fraction of sp³-hybridized carbons (Fsp3) is 0.0588. The summed E-state index contributed by atoms with van der Waals surface area (Å²) >= 11 is 12.8. The maximum absolute atomic E-state index is 12.1. The summed E-state index contributed by atoms with van der Waals surface area (Å²) in [6.45, 7) is 0. The van der Waals surface area contributed by atoms with E-state index in [0.29, 0.717) is 21.4 Å². The number of aromatic hydroxyl groups is 1. The van der Waals surface area contributed by atoms with Crippen molar-refractivity contribution in [3.05, 3.63) is 52.6 Å². The van der Waals surface area contributed by atoms with Crippen LogP contribution in [-0.2, 0) is 9.63 Å². The molecule has 2 heterocycles. The van der Waals surface area contributed by atoms with Crippen LogP contribution in [0.1, 0.15) is 0 Å². The molecule has 1 fully saturated rings. The molecule has 2 aromatic carbocycles. The number of aromatic nitrogens is 1. The van der Waals surface area contributed by atoms with Crippen LogP contribution in [0.2, 0.25) is 10.0 Å². The number of halogens is 2. The van der Waals surface area contributed by atoms with Gasteiger partial charge in [0.2, 0.25) is 0 Å². The number of benzene rings is 2. The summed E-state index contributed by atoms with van der Waals surface area (Å²) in [6, 6.07) is 9.87. The number of amides is 2. The zero-order chi connectivity index (χ0) is 19.1. The number of hydrogen-bond donors (Lipinski definition) is 4. The van der Waals surface area contributed by atoms with Crippen LogP contribution in [0.5, 0.6) is 5.75 Å². The zero-order valence-electron chi connectivity index (χ0n) is 13.5. The fourth-order valence-corrected chi connectivity index (χ4v) is 3.48. The molecule has 1 aliphatic rings. The van der Waals surface area contributed by atoms with Crippen molar-refractivity contribution in [2.45, 2.75) is 6.17 Å². The number of carbonyl (C=O) groups excluding carboxylic acids is 2. The van der Waals surface area contributed by atoms with Gasteiger partial charge in [-0.3, -0.25) is 10.1 Å². The fourth-order valence-electron chi connectivity index (χ4n) is 2.82. The van der Waals surface area contributed by atoms with Gasteiger partial charge in [0.05, 0.1) is 21.2 Å². The Balaban J connectivity index is 1.65. The molecule has 0 radical (unpaired) electrons. The Hall–Kier alpha value is -2.94. The first-order valence-corrected chi connectivity index (χ1v) is 8.51. The van der Waals surface area contributed by atoms with Crippen LogP contribution < -0.4 is 16.1 Å². The Morgan fingerprint density at radius 3 is 2.59 bits per heavy atom. The van der Waals surface area contributed by atoms with E-state index < -0.39 is 18.2 Å². The Morgan fingerprint density at radius 2 is 1.93 bits per heavy atom. The highest BCUT2D eigenvalue weighted by atomic mass is 35.5. The number of hydrogen-bond acceptors (Lipinski definition) is 5. The van der Waals surface area contributed by atoms with Gasteiger partial charge >= 0.3 is 6.09 Å². The second-order valence-electron chi connectivity index (χ2n) is 5.79. The molecule has 3 aromatic rings. The SMILES string of the molecule is O=C1NC(C(=O)Nc2cc(Cl)c(-n3ccc4cc(O)ccc43)c(Cl)c2)NO1. The summed E-state index contributed by atoms with van der Waals surface area (Å²) in [4.78, 5) is 27.6. The van der Waals surface area contributed by atoms with Crippen molar-refractivity contribution in [2.24, 2.45) is 0 Å². The molecule has 8 nitrogen and oxygen atoms in total. The average Bonchev–Trinajstić information content (AvgIpc) is 3.21. The summed E-state index contributed by atoms with van der Waals surface area (Å²) < 4.78 is 1.79. The topological polar surface area (TPSA) is 105 Å². The molecule has 2 amide bonds. The maximum Gasteiger partial charge on any atom is 0.427 e. The summed E-state index contributed by atoms with van der Waals surface area (Å²) in [5.74, 6) is -0.380. The van der Waals surface area contributed by atoms with E-state index in [1.54, 1.807) is 41.1 Å². The van der Waals surface area contributed by atoms with Crippen molar-refractivity contribution in [3.8, 4) is 11.4 Å². The van der Waals surface area contributed by atoms with E-state index in [2.05, 4.69) is 21.0 Å². The van der Waals surface area contributed by atoms with Crippen molar-refractivity contribution < 1.29 is 19.5 Å². The number of nitrogens with zero attached hydrogens (tertiary/aromatic N) is 1. The maximum atomic E-state index is 12.1. The molecule has 1 atom stereocenters. The Labute approximate surface area is 162 Å². The highest BCUT2D eigenvalue weighted by Gasteiger charge is 2.28. The lowest BCUT2D eigenvalue weighted by atomic mass is 10.2. The van der Waals surface area contributed by atoms with Crippen LogP contribution in [-0.4, -0.2) is 27.8 Å². The first-order chi connectivity index (χ1) is 12.9. The van der Waals surface area contributed by atoms with Crippen molar-refractivity contribution in [3.63, 3.8) is 0 Å². The predicted octanol–water partition coefficient (Wildman–Crippen LogP) is 3.15. The molecule has 138 valence electrons. The van der Waals surface area contributed by atoms with Crippen LogP contribution >= 0.6 is 23.2 Å². The number of nitrogens with one attached hydrogen (secondary N) is 3. The standard InChI is InChI=1S/C17H12Cl2N4O4/c18-11-6-9(20-16(25)15-21-17(26)27-22-15)7-12(19)14(11)23-4-3-8-5-10(24)1-2-13(8)23/h1-7,15,22,24H,(H,20,25)(H,21,26). The third kappa shape index (κ3) is 3.25. The van der Waals surface area contributed by atoms with Crippen LogP contribution in [0.15, 0.2) is 42.6 Å². The molecule has 0 saturated carbocycles. The van der Waals surface area contributed by atoms with Crippen molar-refractivity contribution >= 4 is 51.8 Å². The van der Waals surface area contributed by atoms with Gasteiger partial charge in [0.25, 0.3) is 5.91 Å². The predicted molar refractivity (Wildman–Crippen MR) is 100 cm³/mol. The van der Waals surface area contributed by atoms with Gasteiger partial charge in [-0.2, -0.15) is 0 Å². The molecule has 1 saturated heterocycles. The largest absolute Gasteiger partial charge is 0.508 e. The number of fused-ring (bicyclic) bond motifs is 1. The molecule has 27 heavy (non-hydrogen) atoms. The van der Waals surface area contributed by atoms with Gasteiger partial charge in [0.1, 0.15) is 5.75 Å². The molecule has 4 rings (SSSR count). The van der Waals surface area contributed by atoms with Gasteiger partial charge < -0.3 is 19.8 Å². The third-order valence-electron chi connectivity index (χ3n) is 3.99. The molecule has 10 heteroatoms. The third-order valence-corrected chi connectivity index (χ3v) is 4.57. The Kier molecular flexibility index (Phi) is 4.31. The van der Waals surface area contributed by atoms with Crippen molar-refractivity contribution in [1.82, 2.24) is 15.4 Å². The van der Waals surface area contributed by atoms with E-state index in [9.17, 15) is 14.7 Å². The smallest absolute Gasteiger partial charge is 0.427 e. The molecule has 1 unspecified atom stereocenters. The Bertz CT molecular complexity index is 1060. The highest BCUT2D eigenvalue weighted by molar-refractivity contribution is 6.38. The molecule has 0 spiro atoms. The average molecular weight is 407 g/mol. The van der Waals surface area contributed by atoms with Gasteiger partial charge in [0.15, 0.2) is 6.17 Å². The van der Waals surface area contributed by atoms with Crippen LogP contribution in [0.25, 0.3) is 16.6 Å². The molecule has 1 aromatic heterocycles. The van der Waals surface area contributed by atoms with E-state index in [4.69, 9.17) is 23.2 Å². The van der Waals surface area contributed by atoms with Crippen molar-refractivity contribution in [2.75, 3.05) is 5.32 Å². The second kappa shape index (κ2) is 6.66. The van der Waals surface area contributed by atoms with Crippen LogP contribution in [0, 0.1) is 0 Å². The van der Waals surface area contributed by atoms with E-state index in [1.165, 1.54) is 0 Å². The molecular formula is C17H12Cl2N4O4. The summed E-state index contributed by atoms with van der Waals surface area (Å²) in [6.07, 6.45) is 0.0213. The first-order valence-electron chi connectivity index (χ1n) is 7.75. The second-order valence-corrected chi connectivity index (χ2v) is 6.61. The number of phenolic OH excluding ortho intramolecular Hbond substituents is 1. The molecule has 4 N–H and O–H groups in total. The van der Waals surface area contributed by atoms with Gasteiger partial charge in [0, 0.05) is 17.3 Å². The zero-order valence-corrected chi connectivity index (χ0v) is 15.0. The van der Waals surface area contributed by atoms with Gasteiger partial charge in [-0.15, -0.1) is 5.48 Å². The molecule has 0 aliphatic carbocycles. The summed E-state index contributed by atoms with van der Waals surface area (Å²) in [5.41, 5.74) is 3.95. The lowest BCUT2D eigenvalue weighted by Crippen LogP contribution is -2.43. The van der Waals surface area contributed by atoms with E-state index in [1.807, 2.05) is 6.07 Å². The first kappa shape index (κ1) is 17.5. The normalized spacial score (nSPS) is 16.2. The lowest BCUT2D eigenvalue weighted by Gasteiger charge is -2.14. The molecular weight excluding hydrogens is 395 g/mol. The minimum atomic E-state index is -1.02. The molecule has 1 aliphatic heterocycles. The molecule has 0 bridgehead atoms. The van der Waals surface area contributed by atoms with E-state index >= 15 is 0 Å². The van der Waals surface area contributed by atoms with Gasteiger partial charge in [-0.05, 0) is 36.4 Å². The van der Waals surface area contributed by atoms with E-state index in [0.717, 1.165) is 10.9 Å². The minimum Gasteiger partial charge on any atom is -0.508 e. The number of rotatable bonds is 3. The van der Waals surface area contributed by atoms with Gasteiger partial charge in [-0.25, -0.2) is 4.79 Å². The summed E-state index contributed by atoms with van der Waals surface area (Å²) in [5, 5.41) is 15.9. The quantitative estimate of drug-likeness (QED) is 0.534. The van der Waals surface area contributed by atoms with Crippen molar-refractivity contribution in [1.29, 1.82) is 0 Å². The van der Waals surface area contributed by atoms with E-state index in [-0.39, 0.29) is 5.75 Å². The summed E-state index contributed by atoms with van der Waals surface area (Å²) in [7, 11) is 0. The number of anilines is 1. The van der Waals surface area contributed by atoms with Gasteiger partial charge in [-0.1, -0.05) is 23.2 Å². The monoisotopic (exact) mass is 406 g/mol.